The van der Waals surface area contributed by atoms with Crippen molar-refractivity contribution >= 4 is 10.9 Å². The Balaban J connectivity index is 1.72. The number of fused-ring (bicyclic) bond motifs is 1. The van der Waals surface area contributed by atoms with E-state index in [1.54, 1.807) is 11.1 Å². The van der Waals surface area contributed by atoms with Crippen molar-refractivity contribution in [2.45, 2.75) is 39.5 Å². The van der Waals surface area contributed by atoms with Crippen molar-refractivity contribution in [1.82, 2.24) is 0 Å². The molecule has 0 amide bonds. The maximum atomic E-state index is 2.46. The first-order valence-corrected chi connectivity index (χ1v) is 9.49. The van der Waals surface area contributed by atoms with E-state index in [9.17, 15) is 0 Å². The van der Waals surface area contributed by atoms with Crippen molar-refractivity contribution in [2.75, 3.05) is 0 Å². The van der Waals surface area contributed by atoms with Crippen LogP contribution in [0.15, 0.2) is 48.5 Å². The molecule has 126 valence electrons. The Labute approximate surface area is 150 Å². The summed E-state index contributed by atoms with van der Waals surface area (Å²) in [5, 5.41) is 1.46. The molecular formula is C24H26N+. The van der Waals surface area contributed by atoms with Crippen molar-refractivity contribution in [3.8, 4) is 11.3 Å². The average molecular weight is 328 g/mol. The molecule has 1 nitrogen and oxygen atoms in total. The van der Waals surface area contributed by atoms with E-state index in [1.807, 2.05) is 0 Å². The fourth-order valence-electron chi connectivity index (χ4n) is 5.37. The molecular weight excluding hydrogens is 302 g/mol. The van der Waals surface area contributed by atoms with Gasteiger partial charge in [-0.1, -0.05) is 38.1 Å². The summed E-state index contributed by atoms with van der Waals surface area (Å²) in [7, 11) is 2.21. The first-order chi connectivity index (χ1) is 12.0. The summed E-state index contributed by atoms with van der Waals surface area (Å²) in [6.45, 7) is 7.11. The number of rotatable bonds is 1. The highest BCUT2D eigenvalue weighted by atomic mass is 14.9. The Hall–Kier alpha value is -2.15. The fourth-order valence-corrected chi connectivity index (χ4v) is 5.37. The summed E-state index contributed by atoms with van der Waals surface area (Å²) in [6.07, 6.45) is 2.64. The molecule has 3 aromatic rings. The molecule has 25 heavy (non-hydrogen) atoms. The van der Waals surface area contributed by atoms with E-state index in [2.05, 4.69) is 80.9 Å². The highest BCUT2D eigenvalue weighted by Crippen LogP contribution is 2.62. The van der Waals surface area contributed by atoms with Gasteiger partial charge in [0.25, 0.3) is 0 Å². The standard InChI is InChI=1S/C24H26N/c1-15-7-5-6-8-17(15)22-12-10-19-20-13-16-14-21(24(16,2)3)18(20)9-11-23(19)25(22)4/h5-12,16,21H,13-14H2,1-4H3/q+1. The Morgan fingerprint density at radius 3 is 2.56 bits per heavy atom. The molecule has 3 aliphatic carbocycles. The summed E-state index contributed by atoms with van der Waals surface area (Å²) in [6, 6.07) is 18.1. The maximum absolute atomic E-state index is 2.46. The number of nitrogens with zero attached hydrogens (tertiary/aromatic N) is 1. The molecule has 1 heterocycles. The van der Waals surface area contributed by atoms with E-state index >= 15 is 0 Å². The van der Waals surface area contributed by atoms with Crippen LogP contribution >= 0.6 is 0 Å². The second-order valence-electron chi connectivity index (χ2n) is 8.67. The van der Waals surface area contributed by atoms with Gasteiger partial charge in [0.15, 0.2) is 0 Å². The number of hydrogen-bond acceptors (Lipinski definition) is 0. The van der Waals surface area contributed by atoms with Crippen LogP contribution in [0.2, 0.25) is 0 Å². The van der Waals surface area contributed by atoms with Gasteiger partial charge in [-0.25, -0.2) is 0 Å². The van der Waals surface area contributed by atoms with Gasteiger partial charge in [0.2, 0.25) is 11.2 Å². The van der Waals surface area contributed by atoms with Gasteiger partial charge in [0, 0.05) is 23.1 Å². The third-order valence-corrected chi connectivity index (χ3v) is 7.22. The minimum absolute atomic E-state index is 0.490. The van der Waals surface area contributed by atoms with E-state index in [1.165, 1.54) is 40.6 Å². The van der Waals surface area contributed by atoms with Crippen LogP contribution in [0.1, 0.15) is 42.9 Å². The minimum Gasteiger partial charge on any atom is -0.194 e. The average Bonchev–Trinajstić information content (AvgIpc) is 2.62. The van der Waals surface area contributed by atoms with Crippen LogP contribution in [-0.2, 0) is 13.5 Å². The lowest BCUT2D eigenvalue weighted by molar-refractivity contribution is -0.633. The molecule has 6 rings (SSSR count). The molecule has 1 fully saturated rings. The number of aromatic nitrogens is 1. The van der Waals surface area contributed by atoms with Crippen LogP contribution in [0, 0.1) is 18.3 Å². The van der Waals surface area contributed by atoms with Gasteiger partial charge in [0.1, 0.15) is 7.05 Å². The monoisotopic (exact) mass is 328 g/mol. The van der Waals surface area contributed by atoms with Gasteiger partial charge in [-0.2, -0.15) is 4.57 Å². The lowest BCUT2D eigenvalue weighted by Crippen LogP contribution is -2.48. The second-order valence-corrected chi connectivity index (χ2v) is 8.67. The van der Waals surface area contributed by atoms with Crippen LogP contribution in [-0.4, -0.2) is 0 Å². The molecule has 0 aliphatic heterocycles. The molecule has 1 heteroatoms. The van der Waals surface area contributed by atoms with Crippen molar-refractivity contribution in [3.05, 3.63) is 65.2 Å². The van der Waals surface area contributed by atoms with Crippen molar-refractivity contribution in [3.63, 3.8) is 0 Å². The topological polar surface area (TPSA) is 3.88 Å². The molecule has 2 aromatic carbocycles. The summed E-state index contributed by atoms with van der Waals surface area (Å²) < 4.78 is 2.38. The van der Waals surface area contributed by atoms with E-state index in [4.69, 9.17) is 0 Å². The lowest BCUT2D eigenvalue weighted by atomic mass is 9.47. The number of pyridine rings is 1. The van der Waals surface area contributed by atoms with Crippen LogP contribution in [0.25, 0.3) is 22.2 Å². The molecule has 0 spiro atoms. The summed E-state index contributed by atoms with van der Waals surface area (Å²) in [4.78, 5) is 0. The number of benzene rings is 2. The van der Waals surface area contributed by atoms with Gasteiger partial charge < -0.3 is 0 Å². The molecule has 3 aliphatic rings. The van der Waals surface area contributed by atoms with E-state index < -0.39 is 0 Å². The first-order valence-electron chi connectivity index (χ1n) is 9.49. The maximum Gasteiger partial charge on any atom is 0.213 e. The van der Waals surface area contributed by atoms with E-state index in [0.29, 0.717) is 5.41 Å². The largest absolute Gasteiger partial charge is 0.213 e. The molecule has 0 saturated heterocycles. The molecule has 1 saturated carbocycles. The summed E-state index contributed by atoms with van der Waals surface area (Å²) in [5.74, 6) is 1.61. The second kappa shape index (κ2) is 4.94. The molecule has 0 radical (unpaired) electrons. The molecule has 2 atom stereocenters. The predicted octanol–water partition coefficient (Wildman–Crippen LogP) is 5.33. The highest BCUT2D eigenvalue weighted by Gasteiger charge is 2.52. The Morgan fingerprint density at radius 1 is 1.00 bits per heavy atom. The zero-order valence-corrected chi connectivity index (χ0v) is 15.6. The van der Waals surface area contributed by atoms with Gasteiger partial charge >= 0.3 is 0 Å². The SMILES string of the molecule is Cc1ccccc1-c1ccc2c3c(ccc2[n+]1C)C1CC(C3)C1(C)C. The highest BCUT2D eigenvalue weighted by molar-refractivity contribution is 5.83. The predicted molar refractivity (Wildman–Crippen MR) is 104 cm³/mol. The van der Waals surface area contributed by atoms with Crippen molar-refractivity contribution in [2.24, 2.45) is 18.4 Å². The normalized spacial score (nSPS) is 23.2. The zero-order valence-electron chi connectivity index (χ0n) is 15.6. The Kier molecular flexibility index (Phi) is 2.99. The third-order valence-electron chi connectivity index (χ3n) is 7.22. The molecule has 2 unspecified atom stereocenters. The van der Waals surface area contributed by atoms with Gasteiger partial charge in [-0.15, -0.1) is 0 Å². The van der Waals surface area contributed by atoms with Crippen molar-refractivity contribution in [1.29, 1.82) is 0 Å². The number of hydrogen-bond donors (Lipinski definition) is 0. The van der Waals surface area contributed by atoms with Crippen LogP contribution in [0.3, 0.4) is 0 Å². The van der Waals surface area contributed by atoms with Gasteiger partial charge in [-0.05, 0) is 65.8 Å². The van der Waals surface area contributed by atoms with Gasteiger partial charge in [0.05, 0.1) is 0 Å². The Bertz CT molecular complexity index is 1010. The smallest absolute Gasteiger partial charge is 0.194 e. The zero-order chi connectivity index (χ0) is 17.3. The lowest BCUT2D eigenvalue weighted by Gasteiger charge is -2.57. The fraction of sp³-hybridized carbons (Fsp3) is 0.375. The number of aryl methyl sites for hydroxylation is 2. The Morgan fingerprint density at radius 2 is 1.80 bits per heavy atom. The van der Waals surface area contributed by atoms with Crippen LogP contribution in [0.5, 0.6) is 0 Å². The molecule has 2 bridgehead atoms. The summed E-state index contributed by atoms with van der Waals surface area (Å²) >= 11 is 0. The third kappa shape index (κ3) is 1.93. The first kappa shape index (κ1) is 15.1. The van der Waals surface area contributed by atoms with Crippen LogP contribution in [0.4, 0.5) is 0 Å². The van der Waals surface area contributed by atoms with Crippen LogP contribution < -0.4 is 4.57 Å². The van der Waals surface area contributed by atoms with Gasteiger partial charge in [-0.3, -0.25) is 0 Å². The molecule has 0 N–H and O–H groups in total. The summed E-state index contributed by atoms with van der Waals surface area (Å²) in [5.41, 5.74) is 9.04. The minimum atomic E-state index is 0.490. The van der Waals surface area contributed by atoms with Crippen molar-refractivity contribution < 1.29 is 4.57 Å². The van der Waals surface area contributed by atoms with E-state index in [0.717, 1.165) is 11.8 Å². The quantitative estimate of drug-likeness (QED) is 0.532. The van der Waals surface area contributed by atoms with E-state index in [-0.39, 0.29) is 0 Å². The molecule has 1 aromatic heterocycles.